The van der Waals surface area contributed by atoms with E-state index >= 15 is 0 Å². The second kappa shape index (κ2) is 6.62. The molecule has 7 nitrogen and oxygen atoms in total. The van der Waals surface area contributed by atoms with Crippen molar-refractivity contribution in [1.82, 2.24) is 19.4 Å². The smallest absolute Gasteiger partial charge is 0.232 e. The second-order valence-corrected chi connectivity index (χ2v) is 8.42. The van der Waals surface area contributed by atoms with Crippen LogP contribution in [0, 0.1) is 6.92 Å². The summed E-state index contributed by atoms with van der Waals surface area (Å²) >= 11 is 0. The molecule has 4 rings (SSSR count). The first-order valence-electron chi connectivity index (χ1n) is 8.29. The van der Waals surface area contributed by atoms with Crippen molar-refractivity contribution in [2.24, 2.45) is 0 Å². The third-order valence-electron chi connectivity index (χ3n) is 4.40. The largest absolute Gasteiger partial charge is 0.339 e. The van der Waals surface area contributed by atoms with Crippen molar-refractivity contribution < 1.29 is 12.9 Å². The maximum absolute atomic E-state index is 12.5. The van der Waals surface area contributed by atoms with Crippen LogP contribution in [0.1, 0.15) is 22.9 Å². The summed E-state index contributed by atoms with van der Waals surface area (Å²) in [5, 5.41) is 3.97. The molecule has 1 aliphatic heterocycles. The molecular weight excluding hydrogens is 352 g/mol. The number of benzene rings is 1. The summed E-state index contributed by atoms with van der Waals surface area (Å²) < 4.78 is 31.9. The molecule has 0 atom stereocenters. The summed E-state index contributed by atoms with van der Waals surface area (Å²) in [6.07, 6.45) is 3.32. The zero-order valence-electron chi connectivity index (χ0n) is 14.2. The number of hydrogen-bond acceptors (Lipinski definition) is 6. The molecule has 0 saturated carbocycles. The number of rotatable bonds is 5. The zero-order chi connectivity index (χ0) is 18.1. The first-order chi connectivity index (χ1) is 12.5. The van der Waals surface area contributed by atoms with Crippen molar-refractivity contribution in [3.63, 3.8) is 0 Å². The molecule has 0 aliphatic carbocycles. The fourth-order valence-corrected chi connectivity index (χ4v) is 4.54. The van der Waals surface area contributed by atoms with Gasteiger partial charge in [0.2, 0.25) is 21.7 Å². The molecule has 0 radical (unpaired) electrons. The van der Waals surface area contributed by atoms with Gasteiger partial charge >= 0.3 is 0 Å². The van der Waals surface area contributed by atoms with Crippen LogP contribution in [-0.2, 0) is 15.8 Å². The lowest BCUT2D eigenvalue weighted by Crippen LogP contribution is -2.48. The number of sulfonamides is 1. The van der Waals surface area contributed by atoms with Crippen LogP contribution < -0.4 is 0 Å². The molecule has 1 aliphatic rings. The van der Waals surface area contributed by atoms with Gasteiger partial charge in [-0.25, -0.2) is 8.42 Å². The molecular formula is C18H18N4O3S. The Morgan fingerprint density at radius 3 is 2.69 bits per heavy atom. The SMILES string of the molecule is Cc1cccc(CS(=O)(=O)N2CC(c3nc(-c4ccncc4)no3)C2)c1. The molecule has 0 amide bonds. The van der Waals surface area contributed by atoms with Gasteiger partial charge in [0.05, 0.1) is 11.7 Å². The summed E-state index contributed by atoms with van der Waals surface area (Å²) in [6.45, 7) is 2.68. The summed E-state index contributed by atoms with van der Waals surface area (Å²) in [5.41, 5.74) is 2.66. The van der Waals surface area contributed by atoms with E-state index in [2.05, 4.69) is 15.1 Å². The van der Waals surface area contributed by atoms with E-state index in [9.17, 15) is 8.42 Å². The van der Waals surface area contributed by atoms with Gasteiger partial charge in [-0.3, -0.25) is 4.98 Å². The van der Waals surface area contributed by atoms with Crippen LogP contribution >= 0.6 is 0 Å². The minimum Gasteiger partial charge on any atom is -0.339 e. The highest BCUT2D eigenvalue weighted by Crippen LogP contribution is 2.30. The van der Waals surface area contributed by atoms with Crippen LogP contribution in [0.5, 0.6) is 0 Å². The minimum absolute atomic E-state index is 0.00744. The summed E-state index contributed by atoms with van der Waals surface area (Å²) in [6, 6.07) is 11.2. The molecule has 1 aromatic carbocycles. The van der Waals surface area contributed by atoms with Crippen LogP contribution in [0.15, 0.2) is 53.3 Å². The molecule has 134 valence electrons. The Balaban J connectivity index is 1.41. The van der Waals surface area contributed by atoms with Crippen molar-refractivity contribution in [1.29, 1.82) is 0 Å². The Hall–Kier alpha value is -2.58. The molecule has 1 fully saturated rings. The molecule has 26 heavy (non-hydrogen) atoms. The number of aryl methyl sites for hydroxylation is 1. The van der Waals surface area contributed by atoms with Crippen molar-refractivity contribution in [2.45, 2.75) is 18.6 Å². The molecule has 1 saturated heterocycles. The van der Waals surface area contributed by atoms with Gasteiger partial charge in [0.25, 0.3) is 0 Å². The number of pyridine rings is 1. The van der Waals surface area contributed by atoms with E-state index in [0.717, 1.165) is 16.7 Å². The number of aromatic nitrogens is 3. The van der Waals surface area contributed by atoms with Crippen LogP contribution in [0.2, 0.25) is 0 Å². The molecule has 3 aromatic rings. The topological polar surface area (TPSA) is 89.2 Å². The molecule has 8 heteroatoms. The lowest BCUT2D eigenvalue weighted by molar-refractivity contribution is 0.216. The lowest BCUT2D eigenvalue weighted by atomic mass is 10.0. The Bertz CT molecular complexity index is 1010. The Labute approximate surface area is 151 Å². The molecule has 0 unspecified atom stereocenters. The van der Waals surface area contributed by atoms with Gasteiger partial charge in [0, 0.05) is 31.0 Å². The highest BCUT2D eigenvalue weighted by atomic mass is 32.2. The first-order valence-corrected chi connectivity index (χ1v) is 9.89. The predicted molar refractivity (Wildman–Crippen MR) is 95.6 cm³/mol. The van der Waals surface area contributed by atoms with Gasteiger partial charge < -0.3 is 4.52 Å². The van der Waals surface area contributed by atoms with E-state index in [-0.39, 0.29) is 11.7 Å². The maximum atomic E-state index is 12.5. The summed E-state index contributed by atoms with van der Waals surface area (Å²) in [7, 11) is -3.34. The number of nitrogens with zero attached hydrogens (tertiary/aromatic N) is 4. The third kappa shape index (κ3) is 3.38. The van der Waals surface area contributed by atoms with Crippen molar-refractivity contribution in [3.8, 4) is 11.4 Å². The lowest BCUT2D eigenvalue weighted by Gasteiger charge is -2.35. The van der Waals surface area contributed by atoms with Gasteiger partial charge in [-0.05, 0) is 24.6 Å². The zero-order valence-corrected chi connectivity index (χ0v) is 15.1. The van der Waals surface area contributed by atoms with Gasteiger partial charge in [-0.15, -0.1) is 0 Å². The van der Waals surface area contributed by atoms with Gasteiger partial charge in [-0.2, -0.15) is 9.29 Å². The second-order valence-electron chi connectivity index (χ2n) is 6.45. The van der Waals surface area contributed by atoms with E-state index in [1.165, 1.54) is 4.31 Å². The van der Waals surface area contributed by atoms with Crippen molar-refractivity contribution >= 4 is 10.0 Å². The highest BCUT2D eigenvalue weighted by Gasteiger charge is 2.39. The quantitative estimate of drug-likeness (QED) is 0.685. The molecule has 0 bridgehead atoms. The summed E-state index contributed by atoms with van der Waals surface area (Å²) in [4.78, 5) is 8.34. The standard InChI is InChI=1S/C18H18N4O3S/c1-13-3-2-4-14(9-13)12-26(23,24)22-10-16(11-22)18-20-17(21-25-18)15-5-7-19-8-6-15/h2-9,16H,10-12H2,1H3. The van der Waals surface area contributed by atoms with Crippen molar-refractivity contribution in [3.05, 3.63) is 65.8 Å². The normalized spacial score (nSPS) is 15.7. The minimum atomic E-state index is -3.34. The molecule has 3 heterocycles. The van der Waals surface area contributed by atoms with Crippen LogP contribution in [0.4, 0.5) is 0 Å². The monoisotopic (exact) mass is 370 g/mol. The number of hydrogen-bond donors (Lipinski definition) is 0. The fourth-order valence-electron chi connectivity index (χ4n) is 2.94. The van der Waals surface area contributed by atoms with E-state index in [4.69, 9.17) is 4.52 Å². The van der Waals surface area contributed by atoms with E-state index in [0.29, 0.717) is 24.8 Å². The van der Waals surface area contributed by atoms with E-state index < -0.39 is 10.0 Å². The predicted octanol–water partition coefficient (Wildman–Crippen LogP) is 2.37. The third-order valence-corrected chi connectivity index (χ3v) is 6.19. The molecule has 0 spiro atoms. The maximum Gasteiger partial charge on any atom is 0.232 e. The van der Waals surface area contributed by atoms with Crippen LogP contribution in [0.25, 0.3) is 11.4 Å². The average Bonchev–Trinajstić information content (AvgIpc) is 3.03. The van der Waals surface area contributed by atoms with Gasteiger partial charge in [0.15, 0.2) is 0 Å². The summed E-state index contributed by atoms with van der Waals surface area (Å²) in [5.74, 6) is 0.903. The van der Waals surface area contributed by atoms with Crippen LogP contribution in [0.3, 0.4) is 0 Å². The first kappa shape index (κ1) is 16.9. The van der Waals surface area contributed by atoms with E-state index in [1.807, 2.05) is 31.2 Å². The van der Waals surface area contributed by atoms with Gasteiger partial charge in [-0.1, -0.05) is 35.0 Å². The van der Waals surface area contributed by atoms with Gasteiger partial charge in [0.1, 0.15) is 0 Å². The Morgan fingerprint density at radius 2 is 1.96 bits per heavy atom. The van der Waals surface area contributed by atoms with E-state index in [1.54, 1.807) is 24.5 Å². The molecule has 2 aromatic heterocycles. The Morgan fingerprint density at radius 1 is 1.19 bits per heavy atom. The fraction of sp³-hybridized carbons (Fsp3) is 0.278. The highest BCUT2D eigenvalue weighted by molar-refractivity contribution is 7.88. The van der Waals surface area contributed by atoms with Crippen LogP contribution in [-0.4, -0.2) is 40.9 Å². The molecule has 0 N–H and O–H groups in total. The average molecular weight is 370 g/mol. The Kier molecular flexibility index (Phi) is 4.29. The van der Waals surface area contributed by atoms with Crippen molar-refractivity contribution in [2.75, 3.05) is 13.1 Å².